The highest BCUT2D eigenvalue weighted by Gasteiger charge is 2.29. The van der Waals surface area contributed by atoms with Crippen LogP contribution in [0.5, 0.6) is 0 Å². The monoisotopic (exact) mass is 1250 g/mol. The van der Waals surface area contributed by atoms with E-state index in [4.69, 9.17) is 69.4 Å². The molecule has 0 fully saturated rings. The van der Waals surface area contributed by atoms with Gasteiger partial charge in [0.15, 0.2) is 0 Å². The number of aliphatic hydroxyl groups excluding tert-OH is 1. The number of aliphatic hydroxyl groups is 1. The van der Waals surface area contributed by atoms with Crippen LogP contribution in [0.2, 0.25) is 5.02 Å². The van der Waals surface area contributed by atoms with Crippen LogP contribution in [-0.4, -0.2) is 127 Å². The van der Waals surface area contributed by atoms with Crippen molar-refractivity contribution in [1.82, 2.24) is 30.8 Å². The molecule has 0 unspecified atom stereocenters. The molecule has 0 saturated heterocycles. The fourth-order valence-electron chi connectivity index (χ4n) is 2.12. The molecule has 0 atom stereocenters. The third-order valence-electron chi connectivity index (χ3n) is 5.20. The molecule has 0 saturated carbocycles. The second-order valence-corrected chi connectivity index (χ2v) is 13.9. The molecule has 22 nitrogen and oxygen atoms in total. The quantitative estimate of drug-likeness (QED) is 0.132. The summed E-state index contributed by atoms with van der Waals surface area (Å²) in [5, 5.41) is 8.88. The van der Waals surface area contributed by atoms with Crippen LogP contribution in [0.1, 0.15) is 161 Å². The van der Waals surface area contributed by atoms with Crippen LogP contribution in [0.25, 0.3) is 0 Å². The number of halogens is 4. The number of aryl methyl sites for hydroxylation is 2. The highest BCUT2D eigenvalue weighted by atomic mass is 35.5. The van der Waals surface area contributed by atoms with Crippen molar-refractivity contribution in [2.24, 2.45) is 46.4 Å². The van der Waals surface area contributed by atoms with Crippen molar-refractivity contribution < 1.29 is 71.0 Å². The summed E-state index contributed by atoms with van der Waals surface area (Å²) >= 11 is 5.72. The normalized spacial score (nSPS) is 6.67. The first-order chi connectivity index (χ1) is 36.9. The van der Waals surface area contributed by atoms with Crippen LogP contribution >= 0.6 is 11.6 Å². The molecule has 83 heavy (non-hydrogen) atoms. The first-order valence-corrected chi connectivity index (χ1v) is 24.3. The fourth-order valence-corrected chi connectivity index (χ4v) is 2.33. The van der Waals surface area contributed by atoms with Crippen molar-refractivity contribution in [3.63, 3.8) is 0 Å². The van der Waals surface area contributed by atoms with Crippen LogP contribution in [-0.2, 0) is 71.7 Å². The summed E-state index contributed by atoms with van der Waals surface area (Å²) in [7, 11) is 7.50. The maximum atomic E-state index is 12.0. The van der Waals surface area contributed by atoms with E-state index in [2.05, 4.69) is 125 Å². The Kier molecular flexibility index (Phi) is 453. The smallest absolute Gasteiger partial charge is 0.394 e. The second kappa shape index (κ2) is 220. The van der Waals surface area contributed by atoms with Gasteiger partial charge in [-0.2, -0.15) is 13.2 Å². The van der Waals surface area contributed by atoms with Crippen molar-refractivity contribution >= 4 is 79.5 Å². The van der Waals surface area contributed by atoms with E-state index >= 15 is 0 Å². The van der Waals surface area contributed by atoms with Gasteiger partial charge in [0.05, 0.1) is 11.2 Å². The van der Waals surface area contributed by atoms with Crippen molar-refractivity contribution in [2.45, 2.75) is 175 Å². The number of nitrogens with two attached hydrogens (primary N) is 5. The lowest BCUT2D eigenvalue weighted by molar-refractivity contribution is -0.137. The topological polar surface area (TPSA) is 505 Å². The van der Waals surface area contributed by atoms with Crippen molar-refractivity contribution in [3.8, 4) is 0 Å². The van der Waals surface area contributed by atoms with E-state index in [1.165, 1.54) is 65.8 Å². The summed E-state index contributed by atoms with van der Waals surface area (Å²) in [5.41, 5.74) is 24.2. The Labute approximate surface area is 513 Å². The molecule has 0 heterocycles. The van der Waals surface area contributed by atoms with Crippen LogP contribution in [0.15, 0.2) is 48.5 Å². The molecule has 0 aliphatic carbocycles. The molecule has 0 bridgehead atoms. The predicted molar refractivity (Wildman–Crippen MR) is 359 cm³/mol. The fraction of sp³-hybridized carbons (Fsp3) is 0.614. The summed E-state index contributed by atoms with van der Waals surface area (Å²) in [6.45, 7) is 60.2. The van der Waals surface area contributed by atoms with Crippen molar-refractivity contribution in [1.29, 1.82) is 0 Å². The van der Waals surface area contributed by atoms with Crippen LogP contribution in [0.4, 0.5) is 13.2 Å². The number of carbonyl (C=O) groups is 10. The Morgan fingerprint density at radius 2 is 0.651 bits per heavy atom. The molecule has 0 aromatic heterocycles. The zero-order valence-electron chi connectivity index (χ0n) is 57.4. The molecule has 2 aromatic rings. The lowest BCUT2D eigenvalue weighted by Crippen LogP contribution is -2.18. The van der Waals surface area contributed by atoms with E-state index in [0.717, 1.165) is 59.9 Å². The van der Waals surface area contributed by atoms with Gasteiger partial charge in [-0.05, 0) is 143 Å². The molecule has 0 aliphatic rings. The molecule has 518 valence electrons. The summed E-state index contributed by atoms with van der Waals surface area (Å²) in [4.78, 5) is 80.0. The average molecular weight is 1250 g/mol. The van der Waals surface area contributed by atoms with Crippen LogP contribution in [0.3, 0.4) is 0 Å². The lowest BCUT2D eigenvalue weighted by Gasteiger charge is -2.17. The minimum absolute atomic E-state index is 0. The Balaban J connectivity index is -0.0000000177. The third-order valence-corrected chi connectivity index (χ3v) is 5.43. The molecule has 0 aliphatic heterocycles. The van der Waals surface area contributed by atoms with Gasteiger partial charge >= 0.3 is 6.18 Å². The van der Waals surface area contributed by atoms with E-state index < -0.39 is 11.7 Å². The molecular weight excluding hydrogens is 1110 g/mol. The highest BCUT2D eigenvalue weighted by Crippen LogP contribution is 2.29. The number of hydrogen-bond donors (Lipinski definition) is 11. The van der Waals surface area contributed by atoms with Gasteiger partial charge in [-0.15, -0.1) is 0 Å². The molecule has 0 spiro atoms. The predicted octanol–water partition coefficient (Wildman–Crippen LogP) is 12.0. The van der Waals surface area contributed by atoms with Crippen molar-refractivity contribution in [2.75, 3.05) is 41.8 Å². The van der Waals surface area contributed by atoms with Gasteiger partial charge in [0.25, 0.3) is 0 Å². The molecule has 0 radical (unpaired) electrons. The zero-order chi connectivity index (χ0) is 69.5. The molecule has 2 rings (SSSR count). The highest BCUT2D eigenvalue weighted by molar-refractivity contribution is 6.30. The maximum absolute atomic E-state index is 12.0. The maximum Gasteiger partial charge on any atom is 0.416 e. The number of ether oxygens (including phenoxy) is 1. The van der Waals surface area contributed by atoms with Crippen LogP contribution in [0, 0.1) is 17.8 Å². The zero-order valence-corrected chi connectivity index (χ0v) is 58.2. The minimum atomic E-state index is -4.22. The van der Waals surface area contributed by atoms with E-state index in [9.17, 15) is 13.2 Å². The Hall–Kier alpha value is -5.26. The summed E-state index contributed by atoms with van der Waals surface area (Å²) in [6.07, 6.45) is 0.0466. The van der Waals surface area contributed by atoms with E-state index in [1.54, 1.807) is 13.8 Å². The van der Waals surface area contributed by atoms with Gasteiger partial charge in [0.1, 0.15) is 67.9 Å². The third kappa shape index (κ3) is 400. The van der Waals surface area contributed by atoms with Gasteiger partial charge in [-0.25, -0.2) is 0 Å². The standard InChI is InChI=1S/C9H9F3.C8H9Cl.C6H14O.2C5H12.C4H10.C3H8O.C2H6.5CH5N.10CH2O.5H3N/c1-2-7-3-5-8(6-4-7)9(10,11)12;1-2-7-4-3-5-8(9)6-7;1-5-7-6(2,3)4;2*1-4-5(2)3;1-4(2)3;1-3(2)4;16*1-2;;;;;/h3-6H,2H2,1H3;3-6H,2H2,1H3;5H2,1-4H3;2*5H,4H2,1-3H3;4H,1-3H3;3-4H,1-2H3;1-2H3;5*2H2,1H3;10*1H2;5*1H3. The molecule has 0 amide bonds. The van der Waals surface area contributed by atoms with Gasteiger partial charge in [-0.1, -0.05) is 139 Å². The summed E-state index contributed by atoms with van der Waals surface area (Å²) in [5.74, 6) is 2.60. The summed E-state index contributed by atoms with van der Waals surface area (Å²) in [6, 6.07) is 13.2. The average Bonchev–Trinajstić information content (AvgIpc) is 3.49. The molecular formula is C57H140ClF3N10O12. The number of benzene rings is 2. The van der Waals surface area contributed by atoms with E-state index in [1.807, 2.05) is 114 Å². The van der Waals surface area contributed by atoms with Gasteiger partial charge in [-0.3, -0.25) is 0 Å². The largest absolute Gasteiger partial charge is 0.416 e. The van der Waals surface area contributed by atoms with E-state index in [0.29, 0.717) is 0 Å². The van der Waals surface area contributed by atoms with Crippen molar-refractivity contribution in [3.05, 3.63) is 70.2 Å². The Morgan fingerprint density at radius 3 is 0.747 bits per heavy atom. The molecule has 2 aromatic carbocycles. The number of alkyl halides is 3. The Bertz CT molecular complexity index is 1050. The molecule has 26 N–H and O–H groups in total. The van der Waals surface area contributed by atoms with Gasteiger partial charge in [0, 0.05) is 17.7 Å². The minimum Gasteiger partial charge on any atom is -0.394 e. The SMILES string of the molecule is C=O.C=O.C=O.C=O.C=O.C=O.C=O.C=O.C=O.C=O.CC.CC(C)C.CC(C)O.CCC(C)C.CCC(C)C.CCOC(C)(C)C.CCc1ccc(C(F)(F)F)cc1.CCc1cccc(Cl)c1.CN.CN.CN.CN.CN.N.N.N.N.N. The van der Waals surface area contributed by atoms with Gasteiger partial charge in [0.2, 0.25) is 0 Å². The Morgan fingerprint density at radius 1 is 0.458 bits per heavy atom. The molecule has 26 heteroatoms. The van der Waals surface area contributed by atoms with Crippen LogP contribution < -0.4 is 59.4 Å². The first kappa shape index (κ1) is 171. The number of rotatable bonds is 5. The summed E-state index contributed by atoms with van der Waals surface area (Å²) < 4.78 is 41.3. The second-order valence-electron chi connectivity index (χ2n) is 13.5. The number of carbonyl (C=O) groups excluding carboxylic acids is 10. The number of hydrogen-bond acceptors (Lipinski definition) is 22. The van der Waals surface area contributed by atoms with Gasteiger partial charge < -0.3 is 117 Å². The van der Waals surface area contributed by atoms with E-state index in [-0.39, 0.29) is 42.5 Å². The lowest BCUT2D eigenvalue weighted by atomic mass is 10.1. The first-order valence-electron chi connectivity index (χ1n) is 23.9.